The molecule has 4 aromatic carbocycles. The molecule has 0 amide bonds. The lowest BCUT2D eigenvalue weighted by molar-refractivity contribution is 1.66. The lowest BCUT2D eigenvalue weighted by Crippen LogP contribution is -2.74. The summed E-state index contributed by atoms with van der Waals surface area (Å²) in [6.45, 7) is 0. The van der Waals surface area contributed by atoms with Crippen molar-refractivity contribution in [3.05, 3.63) is 121 Å². The van der Waals surface area contributed by atoms with Crippen LogP contribution in [0.4, 0.5) is 0 Å². The zero-order valence-electron chi connectivity index (χ0n) is 15.1. The van der Waals surface area contributed by atoms with Crippen molar-refractivity contribution in [1.82, 2.24) is 0 Å². The summed E-state index contributed by atoms with van der Waals surface area (Å²) in [5, 5.41) is 0. The van der Waals surface area contributed by atoms with E-state index in [0.29, 0.717) is 0 Å². The Labute approximate surface area is 151 Å². The zero-order chi connectivity index (χ0) is 17.0. The highest BCUT2D eigenvalue weighted by Gasteiger charge is 2.30. The van der Waals surface area contributed by atoms with Gasteiger partial charge in [0.2, 0.25) is 0 Å². The standard InChI is InChI=1S/C24H20B/c1-5-13-21(14-6-1)25(22-15-7-2-8-16-22,23-17-9-3-10-18-23)24-19-11-4-12-20-24/h1-20H/q-1/p+1. The van der Waals surface area contributed by atoms with Crippen LogP contribution >= 0.6 is 0 Å². The highest BCUT2D eigenvalue weighted by molar-refractivity contribution is 7.19. The van der Waals surface area contributed by atoms with E-state index in [0.717, 1.165) is 0 Å². The molecule has 0 saturated carbocycles. The molecule has 1 heteroatoms. The fraction of sp³-hybridized carbons (Fsp3) is 0. The van der Waals surface area contributed by atoms with E-state index >= 15 is 0 Å². The second kappa shape index (κ2) is 6.82. The molecule has 4 rings (SSSR count). The van der Waals surface area contributed by atoms with Gasteiger partial charge in [0.1, 0.15) is 6.15 Å². The van der Waals surface area contributed by atoms with Gasteiger partial charge in [0, 0.05) is 0 Å². The second-order valence-corrected chi connectivity index (χ2v) is 6.51. The lowest BCUT2D eigenvalue weighted by Gasteiger charge is -2.44. The molecule has 0 unspecified atom stereocenters. The third kappa shape index (κ3) is 2.68. The summed E-state index contributed by atoms with van der Waals surface area (Å²) in [5.41, 5.74) is 5.36. The van der Waals surface area contributed by atoms with E-state index in [9.17, 15) is 0 Å². The maximum Gasteiger partial charge on any atom is 1.00 e. The smallest absolute Gasteiger partial charge is 0.195 e. The van der Waals surface area contributed by atoms with Gasteiger partial charge in [-0.15, -0.1) is 0 Å². The Morgan fingerprint density at radius 1 is 0.320 bits per heavy atom. The Balaban J connectivity index is 0.00000196. The number of rotatable bonds is 4. The van der Waals surface area contributed by atoms with Gasteiger partial charge in [0.25, 0.3) is 0 Å². The third-order valence-corrected chi connectivity index (χ3v) is 5.20. The molecule has 0 saturated heterocycles. The van der Waals surface area contributed by atoms with Gasteiger partial charge in [-0.2, -0.15) is 21.9 Å². The van der Waals surface area contributed by atoms with Crippen molar-refractivity contribution in [2.75, 3.05) is 0 Å². The van der Waals surface area contributed by atoms with Crippen LogP contribution in [0.5, 0.6) is 0 Å². The Morgan fingerprint density at radius 2 is 0.520 bits per heavy atom. The van der Waals surface area contributed by atoms with Crippen molar-refractivity contribution in [3.63, 3.8) is 0 Å². The number of hydrogen-bond donors (Lipinski definition) is 0. The Bertz CT molecular complexity index is 759. The van der Waals surface area contributed by atoms with Gasteiger partial charge >= 0.3 is 1.43 Å². The average molecular weight is 320 g/mol. The first-order valence-corrected chi connectivity index (χ1v) is 8.80. The molecule has 0 bridgehead atoms. The van der Waals surface area contributed by atoms with Gasteiger partial charge in [-0.05, 0) is 0 Å². The van der Waals surface area contributed by atoms with Crippen molar-refractivity contribution >= 4 is 28.0 Å². The monoisotopic (exact) mass is 320 g/mol. The first kappa shape index (κ1) is 15.5. The van der Waals surface area contributed by atoms with Crippen LogP contribution in [0.2, 0.25) is 0 Å². The van der Waals surface area contributed by atoms with E-state index in [2.05, 4.69) is 121 Å². The first-order chi connectivity index (χ1) is 12.4. The van der Waals surface area contributed by atoms with Crippen molar-refractivity contribution in [1.29, 1.82) is 0 Å². The van der Waals surface area contributed by atoms with Crippen LogP contribution in [0.1, 0.15) is 1.43 Å². The molecule has 0 N–H and O–H groups in total. The highest BCUT2D eigenvalue weighted by atomic mass is 14.1. The summed E-state index contributed by atoms with van der Waals surface area (Å²) in [6, 6.07) is 43.5. The van der Waals surface area contributed by atoms with Crippen molar-refractivity contribution in [2.24, 2.45) is 0 Å². The maximum atomic E-state index is 2.26. The maximum absolute atomic E-state index is 2.26. The molecule has 25 heavy (non-hydrogen) atoms. The third-order valence-electron chi connectivity index (χ3n) is 5.20. The van der Waals surface area contributed by atoms with Crippen molar-refractivity contribution < 1.29 is 1.43 Å². The molecule has 0 aliphatic carbocycles. The molecule has 0 radical (unpaired) electrons. The molecule has 0 heterocycles. The van der Waals surface area contributed by atoms with E-state index in [1.807, 2.05) is 0 Å². The minimum atomic E-state index is -1.22. The molecule has 0 fully saturated rings. The van der Waals surface area contributed by atoms with E-state index in [4.69, 9.17) is 0 Å². The predicted molar refractivity (Wildman–Crippen MR) is 111 cm³/mol. The molecule has 0 aliphatic rings. The minimum Gasteiger partial charge on any atom is -0.195 e. The summed E-state index contributed by atoms with van der Waals surface area (Å²) in [7, 11) is 0. The molecule has 120 valence electrons. The topological polar surface area (TPSA) is 0 Å². The van der Waals surface area contributed by atoms with Crippen LogP contribution in [-0.2, 0) is 0 Å². The lowest BCUT2D eigenvalue weighted by atomic mass is 9.13. The van der Waals surface area contributed by atoms with E-state index < -0.39 is 6.15 Å². The molecule has 0 nitrogen and oxygen atoms in total. The molecule has 4 aromatic rings. The zero-order valence-corrected chi connectivity index (χ0v) is 14.1. The van der Waals surface area contributed by atoms with Crippen LogP contribution in [0.15, 0.2) is 121 Å². The Morgan fingerprint density at radius 3 is 0.720 bits per heavy atom. The van der Waals surface area contributed by atoms with E-state index in [1.165, 1.54) is 21.9 Å². The van der Waals surface area contributed by atoms with Gasteiger partial charge in [-0.1, -0.05) is 121 Å². The fourth-order valence-electron chi connectivity index (χ4n) is 4.12. The van der Waals surface area contributed by atoms with Gasteiger partial charge in [-0.3, -0.25) is 0 Å². The van der Waals surface area contributed by atoms with Crippen LogP contribution in [-0.4, -0.2) is 6.15 Å². The van der Waals surface area contributed by atoms with Crippen LogP contribution in [0.3, 0.4) is 0 Å². The average Bonchev–Trinajstić information content (AvgIpc) is 2.72. The molecular weight excluding hydrogens is 299 g/mol. The van der Waals surface area contributed by atoms with Crippen molar-refractivity contribution in [2.45, 2.75) is 0 Å². The van der Waals surface area contributed by atoms with Gasteiger partial charge in [0.15, 0.2) is 0 Å². The summed E-state index contributed by atoms with van der Waals surface area (Å²) < 4.78 is 0. The summed E-state index contributed by atoms with van der Waals surface area (Å²) in [4.78, 5) is 0. The predicted octanol–water partition coefficient (Wildman–Crippen LogP) is 3.18. The molecular formula is C24H21B. The van der Waals surface area contributed by atoms with Crippen LogP contribution < -0.4 is 21.9 Å². The van der Waals surface area contributed by atoms with Gasteiger partial charge in [-0.25, -0.2) is 0 Å². The Kier molecular flexibility index (Phi) is 4.22. The molecule has 0 aliphatic heterocycles. The summed E-state index contributed by atoms with van der Waals surface area (Å²) in [6.07, 6.45) is -1.22. The molecule has 0 aromatic heterocycles. The largest absolute Gasteiger partial charge is 1.00 e. The van der Waals surface area contributed by atoms with Crippen LogP contribution in [0, 0.1) is 0 Å². The van der Waals surface area contributed by atoms with E-state index in [1.54, 1.807) is 0 Å². The van der Waals surface area contributed by atoms with E-state index in [-0.39, 0.29) is 1.43 Å². The molecule has 0 spiro atoms. The van der Waals surface area contributed by atoms with Crippen molar-refractivity contribution in [3.8, 4) is 0 Å². The number of benzene rings is 4. The second-order valence-electron chi connectivity index (χ2n) is 6.51. The minimum absolute atomic E-state index is 0. The van der Waals surface area contributed by atoms with Crippen LogP contribution in [0.25, 0.3) is 0 Å². The summed E-state index contributed by atoms with van der Waals surface area (Å²) >= 11 is 0. The highest BCUT2D eigenvalue weighted by Crippen LogP contribution is 2.09. The van der Waals surface area contributed by atoms with Gasteiger partial charge in [0.05, 0.1) is 0 Å². The molecule has 0 atom stereocenters. The summed E-state index contributed by atoms with van der Waals surface area (Å²) in [5.74, 6) is 0. The SMILES string of the molecule is [H+].c1ccc([B-](c2ccccc2)(c2ccccc2)c2ccccc2)cc1. The normalized spacial score (nSPS) is 11.2. The van der Waals surface area contributed by atoms with Gasteiger partial charge < -0.3 is 0 Å². The first-order valence-electron chi connectivity index (χ1n) is 8.80. The fourth-order valence-corrected chi connectivity index (χ4v) is 4.12. The Hall–Kier alpha value is -3.06. The quantitative estimate of drug-likeness (QED) is 0.507. The number of hydrogen-bond acceptors (Lipinski definition) is 0.